The normalized spacial score (nSPS) is 16.2. The van der Waals surface area contributed by atoms with E-state index in [1.54, 1.807) is 9.12 Å². The summed E-state index contributed by atoms with van der Waals surface area (Å²) in [5.74, 6) is 0.368. The van der Waals surface area contributed by atoms with Gasteiger partial charge in [-0.25, -0.2) is 0 Å². The van der Waals surface area contributed by atoms with E-state index in [1.807, 2.05) is 6.20 Å². The highest BCUT2D eigenvalue weighted by Crippen LogP contribution is 2.26. The van der Waals surface area contributed by atoms with Crippen molar-refractivity contribution in [1.29, 1.82) is 0 Å². The molecule has 0 saturated carbocycles. The zero-order valence-electron chi connectivity index (χ0n) is 6.42. The number of rotatable bonds is 1. The number of hydrogen-bond donors (Lipinski definition) is 0. The number of halogens is 1. The van der Waals surface area contributed by atoms with Gasteiger partial charge in [0, 0.05) is 55.1 Å². The van der Waals surface area contributed by atoms with E-state index in [0.29, 0.717) is 12.2 Å². The summed E-state index contributed by atoms with van der Waals surface area (Å²) >= 11 is 2.23. The number of Topliss-reactive ketones (excluding diaryl/α,β-unsaturated/α-hetero) is 1. The van der Waals surface area contributed by atoms with Crippen molar-refractivity contribution in [2.75, 3.05) is 0 Å². The summed E-state index contributed by atoms with van der Waals surface area (Å²) in [6, 6.07) is 2.12. The molecule has 0 N–H and O–H groups in total. The van der Waals surface area contributed by atoms with Crippen molar-refractivity contribution in [3.63, 3.8) is 0 Å². The van der Waals surface area contributed by atoms with Gasteiger partial charge in [0.2, 0.25) is 0 Å². The molecule has 1 aliphatic rings. The molecule has 0 aromatic carbocycles. The van der Waals surface area contributed by atoms with Crippen LogP contribution >= 0.6 is 30.3 Å². The van der Waals surface area contributed by atoms with Gasteiger partial charge in [0.25, 0.3) is 0 Å². The number of fused-ring (bicyclic) bond motifs is 1. The molecule has 1 aromatic heterocycles. The number of carbonyl (C=O) groups is 1. The number of carbonyl (C=O) groups excluding carboxylic acids is 1. The van der Waals surface area contributed by atoms with E-state index in [0.717, 1.165) is 12.8 Å². The van der Waals surface area contributed by atoms with Gasteiger partial charge in [-0.3, -0.25) is 8.77 Å². The van der Waals surface area contributed by atoms with Crippen LogP contribution in [-0.4, -0.2) is 9.76 Å². The predicted octanol–water partition coefficient (Wildman–Crippen LogP) is 2.39. The monoisotopic (exact) mass is 293 g/mol. The average Bonchev–Trinajstić information content (AvgIpc) is 2.46. The van der Waals surface area contributed by atoms with E-state index in [9.17, 15) is 4.79 Å². The lowest BCUT2D eigenvalue weighted by Gasteiger charge is -2.12. The lowest BCUT2D eigenvalue weighted by molar-refractivity contribution is -0.118. The van der Waals surface area contributed by atoms with Crippen LogP contribution < -0.4 is 0 Å². The summed E-state index contributed by atoms with van der Waals surface area (Å²) < 4.78 is 2.08. The van der Waals surface area contributed by atoms with Crippen LogP contribution in [0.15, 0.2) is 12.3 Å². The second-order valence-corrected chi connectivity index (χ2v) is 4.61. The van der Waals surface area contributed by atoms with Gasteiger partial charge < -0.3 is 0 Å². The minimum atomic E-state index is 0.368. The molecule has 0 spiro atoms. The third kappa shape index (κ3) is 1.42. The van der Waals surface area contributed by atoms with Crippen LogP contribution in [0.3, 0.4) is 0 Å². The van der Waals surface area contributed by atoms with Crippen LogP contribution in [0.1, 0.15) is 17.7 Å². The maximum Gasteiger partial charge on any atom is 0.139 e. The zero-order chi connectivity index (χ0) is 8.55. The Morgan fingerprint density at radius 1 is 1.50 bits per heavy atom. The molecule has 0 atom stereocenters. The van der Waals surface area contributed by atoms with Crippen molar-refractivity contribution >= 4 is 36.1 Å². The Labute approximate surface area is 87.4 Å². The van der Waals surface area contributed by atoms with Crippen molar-refractivity contribution in [2.45, 2.75) is 19.3 Å². The zero-order valence-corrected chi connectivity index (χ0v) is 9.39. The van der Waals surface area contributed by atoms with E-state index in [-0.39, 0.29) is 0 Å². The van der Waals surface area contributed by atoms with Gasteiger partial charge in [0.05, 0.1) is 0 Å². The van der Waals surface area contributed by atoms with Crippen molar-refractivity contribution in [3.05, 3.63) is 23.5 Å². The standard InChI is InChI=1S/C8H8INOS/c9-12-10-4-3-6-1-2-7(11)5-8(6)10/h3-4H,1-2,5H2. The molecule has 64 valence electrons. The van der Waals surface area contributed by atoms with Gasteiger partial charge in [0.1, 0.15) is 5.78 Å². The van der Waals surface area contributed by atoms with E-state index in [4.69, 9.17) is 0 Å². The van der Waals surface area contributed by atoms with E-state index >= 15 is 0 Å². The van der Waals surface area contributed by atoms with Crippen molar-refractivity contribution in [3.8, 4) is 0 Å². The number of ketones is 1. The van der Waals surface area contributed by atoms with Crippen LogP contribution in [0.25, 0.3) is 0 Å². The van der Waals surface area contributed by atoms with Crippen molar-refractivity contribution in [2.24, 2.45) is 0 Å². The van der Waals surface area contributed by atoms with Gasteiger partial charge >= 0.3 is 0 Å². The second kappa shape index (κ2) is 3.41. The van der Waals surface area contributed by atoms with Crippen LogP contribution in [0.5, 0.6) is 0 Å². The first-order valence-corrected chi connectivity index (χ1v) is 7.13. The topological polar surface area (TPSA) is 22.0 Å². The summed E-state index contributed by atoms with van der Waals surface area (Å²) in [5, 5.41) is 0. The Balaban J connectivity index is 2.40. The van der Waals surface area contributed by atoms with Gasteiger partial charge in [-0.15, -0.1) is 0 Å². The van der Waals surface area contributed by atoms with Crippen LogP contribution in [0, 0.1) is 0 Å². The first-order chi connectivity index (χ1) is 5.81. The Kier molecular flexibility index (Phi) is 2.45. The Morgan fingerprint density at radius 2 is 2.33 bits per heavy atom. The van der Waals surface area contributed by atoms with Crippen molar-refractivity contribution < 1.29 is 4.79 Å². The van der Waals surface area contributed by atoms with Crippen LogP contribution in [-0.2, 0) is 17.6 Å². The van der Waals surface area contributed by atoms with E-state index in [1.165, 1.54) is 11.3 Å². The molecule has 0 bridgehead atoms. The third-order valence-corrected chi connectivity index (χ3v) is 3.92. The molecule has 2 nitrogen and oxygen atoms in total. The summed E-state index contributed by atoms with van der Waals surface area (Å²) in [4.78, 5) is 11.2. The van der Waals surface area contributed by atoms with Gasteiger partial charge in [-0.1, -0.05) is 0 Å². The minimum Gasteiger partial charge on any atom is -0.299 e. The molecule has 1 aromatic rings. The molecule has 1 heterocycles. The highest BCUT2D eigenvalue weighted by molar-refractivity contribution is 14.2. The maximum absolute atomic E-state index is 11.2. The summed E-state index contributed by atoms with van der Waals surface area (Å²) in [5.41, 5.74) is 2.55. The molecule has 12 heavy (non-hydrogen) atoms. The first kappa shape index (κ1) is 8.62. The molecule has 4 heteroatoms. The van der Waals surface area contributed by atoms with Gasteiger partial charge in [-0.05, 0) is 18.1 Å². The van der Waals surface area contributed by atoms with E-state index in [2.05, 4.69) is 31.2 Å². The molecule has 0 unspecified atom stereocenters. The van der Waals surface area contributed by atoms with Crippen molar-refractivity contribution in [1.82, 2.24) is 3.97 Å². The Hall–Kier alpha value is 0.0300. The molecular weight excluding hydrogens is 285 g/mol. The Morgan fingerprint density at radius 3 is 3.08 bits per heavy atom. The smallest absolute Gasteiger partial charge is 0.139 e. The van der Waals surface area contributed by atoms with Crippen LogP contribution in [0.2, 0.25) is 0 Å². The third-order valence-electron chi connectivity index (χ3n) is 2.16. The van der Waals surface area contributed by atoms with E-state index < -0.39 is 0 Å². The quantitative estimate of drug-likeness (QED) is 0.742. The largest absolute Gasteiger partial charge is 0.299 e. The summed E-state index contributed by atoms with van der Waals surface area (Å²) in [6.45, 7) is 0. The molecule has 2 rings (SSSR count). The molecule has 0 radical (unpaired) electrons. The fraction of sp³-hybridized carbons (Fsp3) is 0.375. The highest BCUT2D eigenvalue weighted by atomic mass is 127. The van der Waals surface area contributed by atoms with Gasteiger partial charge in [0.15, 0.2) is 0 Å². The number of aromatic nitrogens is 1. The lowest BCUT2D eigenvalue weighted by Crippen LogP contribution is -2.13. The number of nitrogens with zero attached hydrogens (tertiary/aromatic N) is 1. The van der Waals surface area contributed by atoms with Crippen LogP contribution in [0.4, 0.5) is 0 Å². The highest BCUT2D eigenvalue weighted by Gasteiger charge is 2.18. The predicted molar refractivity (Wildman–Crippen MR) is 58.5 cm³/mol. The SMILES string of the molecule is O=C1CCc2ccn(SI)c2C1. The minimum absolute atomic E-state index is 0.368. The fourth-order valence-electron chi connectivity index (χ4n) is 1.52. The maximum atomic E-state index is 11.2. The molecular formula is C8H8INOS. The Bertz CT molecular complexity index is 307. The summed E-state index contributed by atoms with van der Waals surface area (Å²) in [7, 11) is 1.63. The molecule has 0 amide bonds. The molecule has 0 saturated heterocycles. The average molecular weight is 293 g/mol. The number of aryl methyl sites for hydroxylation is 1. The fourth-order valence-corrected chi connectivity index (χ4v) is 3.00. The molecule has 0 fully saturated rings. The summed E-state index contributed by atoms with van der Waals surface area (Å²) in [6.07, 6.45) is 4.32. The van der Waals surface area contributed by atoms with Gasteiger partial charge in [-0.2, -0.15) is 0 Å². The number of hydrogen-bond acceptors (Lipinski definition) is 2. The molecule has 1 aliphatic carbocycles. The molecule has 0 aliphatic heterocycles. The first-order valence-electron chi connectivity index (χ1n) is 3.81. The lowest BCUT2D eigenvalue weighted by atomic mass is 9.97. The second-order valence-electron chi connectivity index (χ2n) is 2.90.